The molecule has 0 fully saturated rings. The minimum Gasteiger partial charge on any atom is -0.326 e. The van der Waals surface area contributed by atoms with Crippen LogP contribution in [0.15, 0.2) is 22.3 Å². The highest BCUT2D eigenvalue weighted by Gasteiger charge is 2.23. The molecule has 0 saturated heterocycles. The van der Waals surface area contributed by atoms with E-state index in [1.54, 1.807) is 17.4 Å². The number of aryl methyl sites for hydroxylation is 2. The van der Waals surface area contributed by atoms with E-state index in [2.05, 4.69) is 27.6 Å². The van der Waals surface area contributed by atoms with Crippen molar-refractivity contribution in [2.45, 2.75) is 45.2 Å². The molecule has 1 aliphatic carbocycles. The van der Waals surface area contributed by atoms with Crippen molar-refractivity contribution in [1.82, 2.24) is 15.3 Å². The summed E-state index contributed by atoms with van der Waals surface area (Å²) >= 11 is 1.70. The van der Waals surface area contributed by atoms with E-state index in [4.69, 9.17) is 0 Å². The van der Waals surface area contributed by atoms with Crippen LogP contribution in [0.5, 0.6) is 0 Å². The van der Waals surface area contributed by atoms with Crippen LogP contribution in [0.25, 0.3) is 0 Å². The Labute approximate surface area is 122 Å². The van der Waals surface area contributed by atoms with Gasteiger partial charge in [-0.25, -0.2) is 4.98 Å². The second-order valence-corrected chi connectivity index (χ2v) is 6.31. The number of nitrogens with zero attached hydrogens (tertiary/aromatic N) is 1. The Morgan fingerprint density at radius 1 is 1.50 bits per heavy atom. The molecular formula is C15H19N3OS. The molecule has 0 aliphatic heterocycles. The summed E-state index contributed by atoms with van der Waals surface area (Å²) in [7, 11) is 0. The number of pyridine rings is 1. The van der Waals surface area contributed by atoms with Crippen LogP contribution >= 0.6 is 11.3 Å². The molecule has 0 bridgehead atoms. The summed E-state index contributed by atoms with van der Waals surface area (Å²) in [4.78, 5) is 18.9. The number of hydrogen-bond acceptors (Lipinski definition) is 4. The molecule has 3 rings (SSSR count). The Morgan fingerprint density at radius 2 is 2.35 bits per heavy atom. The first-order valence-corrected chi connectivity index (χ1v) is 7.91. The van der Waals surface area contributed by atoms with Crippen molar-refractivity contribution in [3.63, 3.8) is 0 Å². The van der Waals surface area contributed by atoms with Crippen LogP contribution in [0.1, 0.15) is 53.8 Å². The standard InChI is InChI=1S/C15H19N3OS/c1-9-8-20-15(16-9)10(2)17-12-4-3-5-13-11(12)6-7-14(19)18-13/h6-8,10,12,17H,3-5H2,1-2H3,(H,18,19). The molecule has 5 heteroatoms. The number of hydrogen-bond donors (Lipinski definition) is 2. The minimum absolute atomic E-state index is 0.00648. The van der Waals surface area contributed by atoms with Gasteiger partial charge in [-0.05, 0) is 38.7 Å². The van der Waals surface area contributed by atoms with E-state index in [9.17, 15) is 4.79 Å². The van der Waals surface area contributed by atoms with Gasteiger partial charge in [0.05, 0.1) is 6.04 Å². The van der Waals surface area contributed by atoms with E-state index in [-0.39, 0.29) is 11.6 Å². The monoisotopic (exact) mass is 289 g/mol. The van der Waals surface area contributed by atoms with Crippen molar-refractivity contribution in [2.24, 2.45) is 0 Å². The summed E-state index contributed by atoms with van der Waals surface area (Å²) < 4.78 is 0. The maximum absolute atomic E-state index is 11.4. The van der Waals surface area contributed by atoms with Gasteiger partial charge in [-0.1, -0.05) is 6.07 Å². The van der Waals surface area contributed by atoms with Crippen LogP contribution in [0.4, 0.5) is 0 Å². The van der Waals surface area contributed by atoms with Crippen LogP contribution in [0, 0.1) is 6.92 Å². The summed E-state index contributed by atoms with van der Waals surface area (Å²) in [6.45, 7) is 4.17. The maximum Gasteiger partial charge on any atom is 0.248 e. The van der Waals surface area contributed by atoms with Gasteiger partial charge in [0, 0.05) is 28.9 Å². The summed E-state index contributed by atoms with van der Waals surface area (Å²) in [5.41, 5.74) is 3.39. The molecule has 2 aromatic heterocycles. The van der Waals surface area contributed by atoms with Gasteiger partial charge in [0.25, 0.3) is 0 Å². The summed E-state index contributed by atoms with van der Waals surface area (Å²) in [6.07, 6.45) is 3.18. The first kappa shape index (κ1) is 13.5. The Balaban J connectivity index is 1.81. The molecule has 0 saturated carbocycles. The molecule has 2 atom stereocenters. The van der Waals surface area contributed by atoms with Gasteiger partial charge < -0.3 is 10.3 Å². The molecule has 0 radical (unpaired) electrons. The molecular weight excluding hydrogens is 270 g/mol. The Bertz CT molecular complexity index is 661. The number of rotatable bonds is 3. The molecule has 0 aromatic carbocycles. The van der Waals surface area contributed by atoms with Crippen LogP contribution < -0.4 is 10.9 Å². The van der Waals surface area contributed by atoms with Gasteiger partial charge in [0.15, 0.2) is 0 Å². The minimum atomic E-state index is -0.00648. The zero-order valence-corrected chi connectivity index (χ0v) is 12.6. The van der Waals surface area contributed by atoms with Gasteiger partial charge >= 0.3 is 0 Å². The molecule has 2 unspecified atom stereocenters. The summed E-state index contributed by atoms with van der Waals surface area (Å²) in [5, 5.41) is 6.86. The highest BCUT2D eigenvalue weighted by Crippen LogP contribution is 2.30. The van der Waals surface area contributed by atoms with Gasteiger partial charge in [-0.15, -0.1) is 11.3 Å². The number of nitrogens with one attached hydrogen (secondary N) is 2. The molecule has 2 aromatic rings. The highest BCUT2D eigenvalue weighted by molar-refractivity contribution is 7.09. The van der Waals surface area contributed by atoms with Gasteiger partial charge in [0.2, 0.25) is 5.56 Å². The molecule has 106 valence electrons. The van der Waals surface area contributed by atoms with Crippen LogP contribution in [-0.2, 0) is 6.42 Å². The smallest absolute Gasteiger partial charge is 0.248 e. The van der Waals surface area contributed by atoms with Crippen molar-refractivity contribution in [2.75, 3.05) is 0 Å². The largest absolute Gasteiger partial charge is 0.326 e. The number of aromatic amines is 1. The predicted molar refractivity (Wildman–Crippen MR) is 81.1 cm³/mol. The van der Waals surface area contributed by atoms with Crippen molar-refractivity contribution in [3.05, 3.63) is 49.8 Å². The number of aromatic nitrogens is 2. The van der Waals surface area contributed by atoms with Crippen LogP contribution in [0.2, 0.25) is 0 Å². The quantitative estimate of drug-likeness (QED) is 0.913. The number of H-pyrrole nitrogens is 1. The second-order valence-electron chi connectivity index (χ2n) is 5.42. The van der Waals surface area contributed by atoms with E-state index in [1.807, 2.05) is 13.0 Å². The van der Waals surface area contributed by atoms with Crippen molar-refractivity contribution in [3.8, 4) is 0 Å². The highest BCUT2D eigenvalue weighted by atomic mass is 32.1. The third kappa shape index (κ3) is 2.69. The third-order valence-corrected chi connectivity index (χ3v) is 4.94. The SMILES string of the molecule is Cc1csc(C(C)NC2CCCc3[nH]c(=O)ccc32)n1. The normalized spacial score (nSPS) is 19.6. The first-order chi connectivity index (χ1) is 9.63. The average Bonchev–Trinajstić information content (AvgIpc) is 2.85. The molecule has 2 heterocycles. The zero-order chi connectivity index (χ0) is 14.1. The molecule has 0 spiro atoms. The fourth-order valence-corrected chi connectivity index (χ4v) is 3.63. The summed E-state index contributed by atoms with van der Waals surface area (Å²) in [6, 6.07) is 4.12. The van der Waals surface area contributed by atoms with Crippen molar-refractivity contribution in [1.29, 1.82) is 0 Å². The lowest BCUT2D eigenvalue weighted by Crippen LogP contribution is -2.29. The van der Waals surface area contributed by atoms with E-state index >= 15 is 0 Å². The fourth-order valence-electron chi connectivity index (χ4n) is 2.82. The summed E-state index contributed by atoms with van der Waals surface area (Å²) in [5.74, 6) is 0. The average molecular weight is 289 g/mol. The lowest BCUT2D eigenvalue weighted by atomic mass is 9.91. The third-order valence-electron chi connectivity index (χ3n) is 3.79. The lowest BCUT2D eigenvalue weighted by molar-refractivity contribution is 0.410. The first-order valence-electron chi connectivity index (χ1n) is 7.03. The van der Waals surface area contributed by atoms with Crippen LogP contribution in [-0.4, -0.2) is 9.97 Å². The Hall–Kier alpha value is -1.46. The van der Waals surface area contributed by atoms with Crippen molar-refractivity contribution >= 4 is 11.3 Å². The van der Waals surface area contributed by atoms with E-state index < -0.39 is 0 Å². The van der Waals surface area contributed by atoms with Gasteiger partial charge in [0.1, 0.15) is 5.01 Å². The Kier molecular flexibility index (Phi) is 3.72. The molecule has 0 amide bonds. The molecule has 20 heavy (non-hydrogen) atoms. The van der Waals surface area contributed by atoms with E-state index in [1.165, 1.54) is 5.56 Å². The predicted octanol–water partition coefficient (Wildman–Crippen LogP) is 2.87. The van der Waals surface area contributed by atoms with Crippen molar-refractivity contribution < 1.29 is 0 Å². The number of fused-ring (bicyclic) bond motifs is 1. The van der Waals surface area contributed by atoms with Crippen LogP contribution in [0.3, 0.4) is 0 Å². The second kappa shape index (κ2) is 5.50. The molecule has 4 nitrogen and oxygen atoms in total. The van der Waals surface area contributed by atoms with Gasteiger partial charge in [-0.2, -0.15) is 0 Å². The topological polar surface area (TPSA) is 57.8 Å². The number of thiazole rings is 1. The Morgan fingerprint density at radius 3 is 3.10 bits per heavy atom. The van der Waals surface area contributed by atoms with E-state index in [0.29, 0.717) is 6.04 Å². The zero-order valence-electron chi connectivity index (χ0n) is 11.8. The molecule has 1 aliphatic rings. The fraction of sp³-hybridized carbons (Fsp3) is 0.467. The van der Waals surface area contributed by atoms with E-state index in [0.717, 1.165) is 35.7 Å². The lowest BCUT2D eigenvalue weighted by Gasteiger charge is -2.28. The molecule has 2 N–H and O–H groups in total. The van der Waals surface area contributed by atoms with Gasteiger partial charge in [-0.3, -0.25) is 4.79 Å². The maximum atomic E-state index is 11.4.